The van der Waals surface area contributed by atoms with Gasteiger partial charge in [-0.25, -0.2) is 0 Å². The Kier molecular flexibility index (Phi) is 6.11. The minimum absolute atomic E-state index is 0.0670. The van der Waals surface area contributed by atoms with Crippen LogP contribution >= 0.6 is 0 Å². The first-order valence-electron chi connectivity index (χ1n) is 7.55. The van der Waals surface area contributed by atoms with Crippen LogP contribution in [-0.4, -0.2) is 97.9 Å². The van der Waals surface area contributed by atoms with E-state index < -0.39 is 55.5 Å². The maximum atomic E-state index is 10.2. The topological polar surface area (TPSA) is 163 Å². The van der Waals surface area contributed by atoms with Crippen LogP contribution in [0.25, 0.3) is 0 Å². The third-order valence-electron chi connectivity index (χ3n) is 4.54. The van der Waals surface area contributed by atoms with Crippen molar-refractivity contribution in [2.24, 2.45) is 5.92 Å². The second-order valence-electron chi connectivity index (χ2n) is 6.23. The number of aliphatic hydroxyl groups excluding tert-OH is 7. The van der Waals surface area contributed by atoms with Crippen LogP contribution in [0.2, 0.25) is 0 Å². The summed E-state index contributed by atoms with van der Waals surface area (Å²) in [7, 11) is 0. The number of hydrogen-bond donors (Lipinski definition) is 8. The third kappa shape index (κ3) is 3.73. The molecule has 1 aliphatic carbocycles. The van der Waals surface area contributed by atoms with E-state index in [9.17, 15) is 35.7 Å². The van der Waals surface area contributed by atoms with Gasteiger partial charge in [-0.1, -0.05) is 13.0 Å². The highest BCUT2D eigenvalue weighted by molar-refractivity contribution is 5.22. The lowest BCUT2D eigenvalue weighted by molar-refractivity contribution is -0.177. The number of rotatable bonds is 3. The lowest BCUT2D eigenvalue weighted by Gasteiger charge is -2.38. The molecule has 1 heterocycles. The molecule has 0 spiro atoms. The van der Waals surface area contributed by atoms with E-state index in [1.54, 1.807) is 6.92 Å². The van der Waals surface area contributed by atoms with E-state index in [0.717, 1.165) is 0 Å². The molecule has 8 N–H and O–H groups in total. The highest BCUT2D eigenvalue weighted by Crippen LogP contribution is 2.24. The summed E-state index contributed by atoms with van der Waals surface area (Å²) >= 11 is 0. The summed E-state index contributed by atoms with van der Waals surface area (Å²) in [5.74, 6) is -0.320. The van der Waals surface area contributed by atoms with Gasteiger partial charge in [0.15, 0.2) is 6.29 Å². The van der Waals surface area contributed by atoms with Gasteiger partial charge >= 0.3 is 0 Å². The molecule has 0 aromatic rings. The number of ether oxygens (including phenoxy) is 1. The lowest BCUT2D eigenvalue weighted by Crippen LogP contribution is -2.60. The van der Waals surface area contributed by atoms with Gasteiger partial charge < -0.3 is 45.8 Å². The Labute approximate surface area is 133 Å². The van der Waals surface area contributed by atoms with Gasteiger partial charge in [0.25, 0.3) is 0 Å². The van der Waals surface area contributed by atoms with E-state index in [-0.39, 0.29) is 18.1 Å². The van der Waals surface area contributed by atoms with Crippen LogP contribution in [-0.2, 0) is 4.74 Å². The molecule has 0 aromatic carbocycles. The van der Waals surface area contributed by atoms with Crippen LogP contribution in [0, 0.1) is 5.92 Å². The molecule has 1 saturated heterocycles. The number of hydrogen-bond acceptors (Lipinski definition) is 9. The molecule has 2 aliphatic rings. The molecule has 0 amide bonds. The first kappa shape index (κ1) is 18.7. The molecule has 23 heavy (non-hydrogen) atoms. The molecule has 1 fully saturated rings. The van der Waals surface area contributed by atoms with E-state index in [2.05, 4.69) is 5.32 Å². The Morgan fingerprint density at radius 1 is 1.04 bits per heavy atom. The van der Waals surface area contributed by atoms with Crippen LogP contribution in [0.15, 0.2) is 11.6 Å². The highest BCUT2D eigenvalue weighted by Gasteiger charge is 2.43. The second kappa shape index (κ2) is 7.51. The van der Waals surface area contributed by atoms with Crippen LogP contribution in [0.3, 0.4) is 0 Å². The first-order chi connectivity index (χ1) is 10.8. The summed E-state index contributed by atoms with van der Waals surface area (Å²) < 4.78 is 5.02. The summed E-state index contributed by atoms with van der Waals surface area (Å²) in [6.45, 7) is 1.30. The SMILES string of the molecule is C[C@@H]1CO[C@H](O)[C@H](O)C(O)[C@@H]1N[C@@H]1C=C(CO)[C@@H](O)C(O)[C@H]1O. The largest absolute Gasteiger partial charge is 0.392 e. The quantitative estimate of drug-likeness (QED) is 0.240. The van der Waals surface area contributed by atoms with Crippen molar-refractivity contribution in [1.82, 2.24) is 5.32 Å². The summed E-state index contributed by atoms with van der Waals surface area (Å²) in [6.07, 6.45) is -7.28. The van der Waals surface area contributed by atoms with E-state index in [1.807, 2.05) is 0 Å². The Hall–Kier alpha value is -0.620. The van der Waals surface area contributed by atoms with Crippen LogP contribution in [0.1, 0.15) is 6.92 Å². The van der Waals surface area contributed by atoms with Gasteiger partial charge in [-0.05, 0) is 11.5 Å². The minimum Gasteiger partial charge on any atom is -0.392 e. The number of aliphatic hydroxyl groups is 7. The minimum atomic E-state index is -1.53. The standard InChI is InChI=1S/C14H25NO8/c1-5-4-23-14(22)13(21)11(19)8(5)15-7-2-6(3-16)9(17)12(20)10(7)18/h2,5,7-22H,3-4H2,1H3/t5-,7-,8-,9-,10+,11?,12?,13-,14+/m1/s1. The van der Waals surface area contributed by atoms with Crippen molar-refractivity contribution in [2.75, 3.05) is 13.2 Å². The molecule has 0 bridgehead atoms. The molecule has 2 rings (SSSR count). The molecule has 9 heteroatoms. The van der Waals surface area contributed by atoms with Crippen molar-refractivity contribution >= 4 is 0 Å². The van der Waals surface area contributed by atoms with Crippen molar-refractivity contribution in [3.8, 4) is 0 Å². The van der Waals surface area contributed by atoms with Crippen molar-refractivity contribution in [1.29, 1.82) is 0 Å². The second-order valence-corrected chi connectivity index (χ2v) is 6.23. The van der Waals surface area contributed by atoms with Gasteiger partial charge in [-0.3, -0.25) is 0 Å². The van der Waals surface area contributed by atoms with E-state index in [0.29, 0.717) is 0 Å². The average molecular weight is 335 g/mol. The zero-order chi connectivity index (χ0) is 17.3. The normalized spacial score (nSPS) is 48.7. The molecule has 0 aromatic heterocycles. The molecular formula is C14H25NO8. The van der Waals surface area contributed by atoms with Gasteiger partial charge in [0.2, 0.25) is 0 Å². The maximum absolute atomic E-state index is 10.2. The zero-order valence-electron chi connectivity index (χ0n) is 12.7. The molecular weight excluding hydrogens is 310 g/mol. The fourth-order valence-electron chi connectivity index (χ4n) is 2.99. The van der Waals surface area contributed by atoms with Crippen LogP contribution in [0.4, 0.5) is 0 Å². The molecule has 9 atom stereocenters. The predicted octanol–water partition coefficient (Wildman–Crippen LogP) is -3.97. The predicted molar refractivity (Wildman–Crippen MR) is 77.0 cm³/mol. The summed E-state index contributed by atoms with van der Waals surface area (Å²) in [5.41, 5.74) is 0.146. The van der Waals surface area contributed by atoms with E-state index in [1.165, 1.54) is 6.08 Å². The monoisotopic (exact) mass is 335 g/mol. The van der Waals surface area contributed by atoms with Crippen molar-refractivity contribution in [2.45, 2.75) is 55.8 Å². The smallest absolute Gasteiger partial charge is 0.183 e. The summed E-state index contributed by atoms with van der Waals surface area (Å²) in [6, 6.07) is -1.61. The van der Waals surface area contributed by atoms with Crippen molar-refractivity contribution in [3.63, 3.8) is 0 Å². The highest BCUT2D eigenvalue weighted by atomic mass is 16.6. The first-order valence-corrected chi connectivity index (χ1v) is 7.55. The molecule has 134 valence electrons. The maximum Gasteiger partial charge on any atom is 0.183 e. The average Bonchev–Trinajstić information content (AvgIpc) is 2.62. The van der Waals surface area contributed by atoms with Crippen LogP contribution < -0.4 is 5.32 Å². The summed E-state index contributed by atoms with van der Waals surface area (Å²) in [5, 5.41) is 71.4. The van der Waals surface area contributed by atoms with Crippen molar-refractivity contribution < 1.29 is 40.5 Å². The Morgan fingerprint density at radius 3 is 2.30 bits per heavy atom. The van der Waals surface area contributed by atoms with Crippen molar-refractivity contribution in [3.05, 3.63) is 11.6 Å². The third-order valence-corrected chi connectivity index (χ3v) is 4.54. The fraction of sp³-hybridized carbons (Fsp3) is 0.857. The zero-order valence-corrected chi connectivity index (χ0v) is 12.7. The lowest BCUT2D eigenvalue weighted by atomic mass is 9.86. The molecule has 2 unspecified atom stereocenters. The Bertz CT molecular complexity index is 433. The van der Waals surface area contributed by atoms with E-state index in [4.69, 9.17) is 4.74 Å². The summed E-state index contributed by atoms with van der Waals surface area (Å²) in [4.78, 5) is 0. The van der Waals surface area contributed by atoms with Gasteiger partial charge in [0.05, 0.1) is 19.3 Å². The number of nitrogens with one attached hydrogen (secondary N) is 1. The van der Waals surface area contributed by atoms with Crippen LogP contribution in [0.5, 0.6) is 0 Å². The molecule has 0 saturated carbocycles. The molecule has 1 aliphatic heterocycles. The van der Waals surface area contributed by atoms with Gasteiger partial charge in [-0.2, -0.15) is 0 Å². The van der Waals surface area contributed by atoms with E-state index >= 15 is 0 Å². The van der Waals surface area contributed by atoms with Gasteiger partial charge in [0, 0.05) is 6.04 Å². The fourth-order valence-corrected chi connectivity index (χ4v) is 2.99. The molecule has 9 nitrogen and oxygen atoms in total. The molecule has 0 radical (unpaired) electrons. The van der Waals surface area contributed by atoms with Gasteiger partial charge in [-0.15, -0.1) is 0 Å². The Morgan fingerprint density at radius 2 is 1.70 bits per heavy atom. The Balaban J connectivity index is 2.19. The van der Waals surface area contributed by atoms with Gasteiger partial charge in [0.1, 0.15) is 30.5 Å².